The van der Waals surface area contributed by atoms with Crippen LogP contribution in [0.4, 0.5) is 16.0 Å². The largest absolute Gasteiger partial charge is 0.376 e. The van der Waals surface area contributed by atoms with Gasteiger partial charge in [0.15, 0.2) is 0 Å². The molecule has 0 aliphatic carbocycles. The third kappa shape index (κ3) is 1.87. The molecular formula is C15H15FN4. The molecule has 4 nitrogen and oxygen atoms in total. The van der Waals surface area contributed by atoms with Gasteiger partial charge in [-0.25, -0.2) is 9.37 Å². The van der Waals surface area contributed by atoms with Crippen LogP contribution in [-0.2, 0) is 0 Å². The summed E-state index contributed by atoms with van der Waals surface area (Å²) in [6.45, 7) is 0. The number of benzene rings is 2. The monoisotopic (exact) mass is 270 g/mol. The van der Waals surface area contributed by atoms with Crippen molar-refractivity contribution in [1.29, 1.82) is 0 Å². The molecule has 102 valence electrons. The first-order valence-electron chi connectivity index (χ1n) is 6.28. The smallest absolute Gasteiger partial charge is 0.206 e. The van der Waals surface area contributed by atoms with Crippen molar-refractivity contribution in [3.8, 4) is 5.69 Å². The minimum atomic E-state index is -0.305. The van der Waals surface area contributed by atoms with Gasteiger partial charge in [0.25, 0.3) is 0 Å². The maximum absolute atomic E-state index is 13.5. The van der Waals surface area contributed by atoms with Gasteiger partial charge < -0.3 is 10.6 Å². The number of halogens is 1. The molecule has 0 bridgehead atoms. The summed E-state index contributed by atoms with van der Waals surface area (Å²) in [4.78, 5) is 6.27. The number of para-hydroxylation sites is 2. The highest BCUT2D eigenvalue weighted by atomic mass is 19.1. The first-order valence-corrected chi connectivity index (χ1v) is 6.28. The Labute approximate surface area is 116 Å². The Hall–Kier alpha value is -2.56. The molecule has 0 spiro atoms. The van der Waals surface area contributed by atoms with E-state index < -0.39 is 0 Å². The second-order valence-electron chi connectivity index (χ2n) is 4.82. The zero-order valence-corrected chi connectivity index (χ0v) is 11.3. The number of fused-ring (bicyclic) bond motifs is 1. The molecule has 5 heteroatoms. The first kappa shape index (κ1) is 12.5. The zero-order chi connectivity index (χ0) is 14.3. The van der Waals surface area contributed by atoms with Crippen LogP contribution in [0.1, 0.15) is 0 Å². The summed E-state index contributed by atoms with van der Waals surface area (Å²) >= 11 is 0. The van der Waals surface area contributed by atoms with Gasteiger partial charge in [-0.3, -0.25) is 4.57 Å². The molecule has 3 aromatic rings. The third-order valence-corrected chi connectivity index (χ3v) is 3.25. The number of anilines is 2. The Balaban J connectivity index is 2.35. The van der Waals surface area contributed by atoms with Crippen LogP contribution in [0.3, 0.4) is 0 Å². The van der Waals surface area contributed by atoms with Crippen LogP contribution in [0.5, 0.6) is 0 Å². The van der Waals surface area contributed by atoms with E-state index in [0.29, 0.717) is 17.0 Å². The molecule has 20 heavy (non-hydrogen) atoms. The molecule has 0 amide bonds. The Morgan fingerprint density at radius 1 is 1.15 bits per heavy atom. The number of aromatic nitrogens is 2. The van der Waals surface area contributed by atoms with Gasteiger partial charge in [-0.15, -0.1) is 0 Å². The van der Waals surface area contributed by atoms with E-state index in [9.17, 15) is 4.39 Å². The lowest BCUT2D eigenvalue weighted by Gasteiger charge is -2.18. The molecule has 0 aliphatic heterocycles. The molecule has 0 radical (unpaired) electrons. The molecule has 1 heterocycles. The van der Waals surface area contributed by atoms with Crippen molar-refractivity contribution < 1.29 is 4.39 Å². The number of rotatable bonds is 2. The van der Waals surface area contributed by atoms with Crippen molar-refractivity contribution in [3.05, 3.63) is 48.3 Å². The van der Waals surface area contributed by atoms with Crippen LogP contribution in [0, 0.1) is 5.82 Å². The summed E-state index contributed by atoms with van der Waals surface area (Å²) in [5, 5.41) is 0. The summed E-state index contributed by atoms with van der Waals surface area (Å²) in [6, 6.07) is 12.3. The molecule has 3 rings (SSSR count). The lowest BCUT2D eigenvalue weighted by Crippen LogP contribution is -2.13. The number of hydrogen-bond donors (Lipinski definition) is 1. The Morgan fingerprint density at radius 3 is 2.65 bits per heavy atom. The van der Waals surface area contributed by atoms with Crippen molar-refractivity contribution in [2.24, 2.45) is 0 Å². The fourth-order valence-corrected chi connectivity index (χ4v) is 2.35. The van der Waals surface area contributed by atoms with Crippen LogP contribution in [-0.4, -0.2) is 23.6 Å². The van der Waals surface area contributed by atoms with E-state index >= 15 is 0 Å². The average Bonchev–Trinajstić information content (AvgIpc) is 2.74. The highest BCUT2D eigenvalue weighted by molar-refractivity contribution is 5.83. The van der Waals surface area contributed by atoms with Crippen LogP contribution in [0.15, 0.2) is 42.5 Å². The minimum Gasteiger partial charge on any atom is -0.376 e. The highest BCUT2D eigenvalue weighted by Gasteiger charge is 2.14. The molecule has 2 aromatic carbocycles. The van der Waals surface area contributed by atoms with Crippen molar-refractivity contribution in [3.63, 3.8) is 0 Å². The Bertz CT molecular complexity index is 777. The first-order chi connectivity index (χ1) is 9.58. The molecule has 1 aromatic heterocycles. The maximum Gasteiger partial charge on any atom is 0.206 e. The average molecular weight is 270 g/mol. The van der Waals surface area contributed by atoms with Gasteiger partial charge in [-0.2, -0.15) is 0 Å². The van der Waals surface area contributed by atoms with Crippen LogP contribution < -0.4 is 10.6 Å². The lowest BCUT2D eigenvalue weighted by atomic mass is 10.2. The van der Waals surface area contributed by atoms with Crippen LogP contribution >= 0.6 is 0 Å². The van der Waals surface area contributed by atoms with E-state index in [1.54, 1.807) is 10.6 Å². The molecular weight excluding hydrogens is 255 g/mol. The van der Waals surface area contributed by atoms with Crippen molar-refractivity contribution in [1.82, 2.24) is 9.55 Å². The summed E-state index contributed by atoms with van der Waals surface area (Å²) in [5.41, 5.74) is 9.22. The van der Waals surface area contributed by atoms with E-state index in [1.807, 2.05) is 43.3 Å². The van der Waals surface area contributed by atoms with Gasteiger partial charge >= 0.3 is 0 Å². The van der Waals surface area contributed by atoms with E-state index in [1.165, 1.54) is 12.1 Å². The maximum atomic E-state index is 13.5. The zero-order valence-electron chi connectivity index (χ0n) is 11.3. The quantitative estimate of drug-likeness (QED) is 0.779. The van der Waals surface area contributed by atoms with E-state index in [4.69, 9.17) is 5.73 Å². The summed E-state index contributed by atoms with van der Waals surface area (Å²) < 4.78 is 15.3. The predicted octanol–water partition coefficient (Wildman–Crippen LogP) is 2.81. The number of nitrogens with zero attached hydrogens (tertiary/aromatic N) is 3. The molecule has 0 aliphatic rings. The number of imidazole rings is 1. The topological polar surface area (TPSA) is 47.1 Å². The fourth-order valence-electron chi connectivity index (χ4n) is 2.35. The highest BCUT2D eigenvalue weighted by Crippen LogP contribution is 2.29. The van der Waals surface area contributed by atoms with Gasteiger partial charge in [-0.1, -0.05) is 12.1 Å². The SMILES string of the molecule is CN(C)c1ccccc1-n1c(N)nc2ccc(F)cc21. The summed E-state index contributed by atoms with van der Waals surface area (Å²) in [6.07, 6.45) is 0. The molecule has 0 saturated carbocycles. The fraction of sp³-hybridized carbons (Fsp3) is 0.133. The van der Waals surface area contributed by atoms with Gasteiger partial charge in [0.05, 0.1) is 22.4 Å². The lowest BCUT2D eigenvalue weighted by molar-refractivity contribution is 0.629. The van der Waals surface area contributed by atoms with Crippen molar-refractivity contribution in [2.75, 3.05) is 24.7 Å². The number of nitrogen functional groups attached to an aromatic ring is 1. The van der Waals surface area contributed by atoms with Crippen LogP contribution in [0.25, 0.3) is 16.7 Å². The van der Waals surface area contributed by atoms with Crippen molar-refractivity contribution >= 4 is 22.7 Å². The van der Waals surface area contributed by atoms with Gasteiger partial charge in [0.1, 0.15) is 5.82 Å². The Kier molecular flexibility index (Phi) is 2.82. The van der Waals surface area contributed by atoms with Gasteiger partial charge in [0, 0.05) is 20.2 Å². The number of hydrogen-bond acceptors (Lipinski definition) is 3. The molecule has 0 atom stereocenters. The standard InChI is InChI=1S/C15H15FN4/c1-19(2)12-5-3-4-6-13(12)20-14-9-10(16)7-8-11(14)18-15(20)17/h3-9H,1-2H3,(H2,17,18). The molecule has 0 saturated heterocycles. The summed E-state index contributed by atoms with van der Waals surface area (Å²) in [7, 11) is 3.91. The minimum absolute atomic E-state index is 0.305. The molecule has 0 unspecified atom stereocenters. The van der Waals surface area contributed by atoms with Gasteiger partial charge in [-0.05, 0) is 24.3 Å². The second kappa shape index (κ2) is 4.52. The van der Waals surface area contributed by atoms with E-state index in [0.717, 1.165) is 11.4 Å². The predicted molar refractivity (Wildman–Crippen MR) is 79.8 cm³/mol. The van der Waals surface area contributed by atoms with Crippen molar-refractivity contribution in [2.45, 2.75) is 0 Å². The normalized spacial score (nSPS) is 10.9. The van der Waals surface area contributed by atoms with E-state index in [-0.39, 0.29) is 5.82 Å². The third-order valence-electron chi connectivity index (χ3n) is 3.25. The Morgan fingerprint density at radius 2 is 1.90 bits per heavy atom. The molecule has 2 N–H and O–H groups in total. The second-order valence-corrected chi connectivity index (χ2v) is 4.82. The van der Waals surface area contributed by atoms with Crippen LogP contribution in [0.2, 0.25) is 0 Å². The molecule has 0 fully saturated rings. The van der Waals surface area contributed by atoms with Gasteiger partial charge in [0.2, 0.25) is 5.95 Å². The number of nitrogens with two attached hydrogens (primary N) is 1. The summed E-state index contributed by atoms with van der Waals surface area (Å²) in [5.74, 6) is 0.0425. The van der Waals surface area contributed by atoms with E-state index in [2.05, 4.69) is 4.98 Å².